The Labute approximate surface area is 78.0 Å². The second-order valence-electron chi connectivity index (χ2n) is 4.70. The maximum absolute atomic E-state index is 9.47. The molecule has 0 aromatic carbocycles. The van der Waals surface area contributed by atoms with Gasteiger partial charge in [-0.25, -0.2) is 0 Å². The summed E-state index contributed by atoms with van der Waals surface area (Å²) in [5, 5.41) is 9.47. The van der Waals surface area contributed by atoms with Crippen LogP contribution >= 0.6 is 0 Å². The Morgan fingerprint density at radius 1 is 1.25 bits per heavy atom. The van der Waals surface area contributed by atoms with Crippen molar-refractivity contribution in [3.63, 3.8) is 0 Å². The highest BCUT2D eigenvalue weighted by Gasteiger charge is 2.33. The molecule has 12 heavy (non-hydrogen) atoms. The van der Waals surface area contributed by atoms with Gasteiger partial charge >= 0.3 is 0 Å². The first-order chi connectivity index (χ1) is 5.30. The fourth-order valence-electron chi connectivity index (χ4n) is 1.58. The van der Waals surface area contributed by atoms with E-state index in [1.54, 1.807) is 0 Å². The first-order valence-corrected chi connectivity index (χ1v) is 4.74. The summed E-state index contributed by atoms with van der Waals surface area (Å²) < 4.78 is 0. The van der Waals surface area contributed by atoms with E-state index in [1.807, 2.05) is 0 Å². The van der Waals surface area contributed by atoms with E-state index in [4.69, 9.17) is 7.85 Å². The number of aliphatic hydroxyl groups excluding tert-OH is 1. The minimum absolute atomic E-state index is 0.145. The normalized spacial score (nSPS) is 19.7. The second kappa shape index (κ2) is 4.31. The first kappa shape index (κ1) is 12.0. The van der Waals surface area contributed by atoms with E-state index >= 15 is 0 Å². The van der Waals surface area contributed by atoms with Crippen molar-refractivity contribution in [2.24, 2.45) is 17.3 Å². The van der Waals surface area contributed by atoms with E-state index in [0.29, 0.717) is 11.8 Å². The molecule has 2 atom stereocenters. The Morgan fingerprint density at radius 3 is 1.75 bits per heavy atom. The molecule has 0 saturated heterocycles. The number of hydrogen-bond donors (Lipinski definition) is 1. The van der Waals surface area contributed by atoms with Gasteiger partial charge in [0.15, 0.2) is 0 Å². The van der Waals surface area contributed by atoms with Crippen LogP contribution in [0, 0.1) is 17.3 Å². The molecule has 2 radical (unpaired) electrons. The molecule has 2 heteroatoms. The van der Waals surface area contributed by atoms with Crippen molar-refractivity contribution in [3.8, 4) is 0 Å². The van der Waals surface area contributed by atoms with Crippen LogP contribution in [-0.4, -0.2) is 19.0 Å². The summed E-state index contributed by atoms with van der Waals surface area (Å²) in [7, 11) is 5.58. The average molecular weight is 168 g/mol. The highest BCUT2D eigenvalue weighted by molar-refractivity contribution is 6.11. The predicted octanol–water partition coefficient (Wildman–Crippen LogP) is 2.18. The molecule has 0 aliphatic rings. The van der Waals surface area contributed by atoms with Gasteiger partial charge in [-0.1, -0.05) is 34.6 Å². The van der Waals surface area contributed by atoms with Crippen molar-refractivity contribution in [3.05, 3.63) is 0 Å². The quantitative estimate of drug-likeness (QED) is 0.638. The topological polar surface area (TPSA) is 20.2 Å². The zero-order valence-corrected chi connectivity index (χ0v) is 8.96. The van der Waals surface area contributed by atoms with Gasteiger partial charge in [-0.3, -0.25) is 0 Å². The number of aliphatic hydroxyl groups is 1. The van der Waals surface area contributed by atoms with Crippen LogP contribution < -0.4 is 0 Å². The van der Waals surface area contributed by atoms with E-state index in [0.717, 1.165) is 6.42 Å². The molecule has 0 saturated carbocycles. The van der Waals surface area contributed by atoms with Crippen molar-refractivity contribution >= 4 is 7.85 Å². The molecule has 70 valence electrons. The average Bonchev–Trinajstić information content (AvgIpc) is 1.84. The molecule has 0 bridgehead atoms. The molecule has 0 heterocycles. The Bertz CT molecular complexity index is 122. The highest BCUT2D eigenvalue weighted by atomic mass is 16.3. The molecule has 0 aliphatic heterocycles. The van der Waals surface area contributed by atoms with Crippen LogP contribution in [0.1, 0.15) is 41.0 Å². The smallest absolute Gasteiger partial charge is 0.109 e. The molecule has 0 rings (SSSR count). The summed E-state index contributed by atoms with van der Waals surface area (Å²) in [6.07, 6.45) is 0.975. The SMILES string of the molecule is [B]C(O)[C@@](C)(CC(C)C)C(C)C. The number of hydrogen-bond acceptors (Lipinski definition) is 1. The van der Waals surface area contributed by atoms with Gasteiger partial charge in [-0.15, -0.1) is 0 Å². The summed E-state index contributed by atoms with van der Waals surface area (Å²) >= 11 is 0. The van der Waals surface area contributed by atoms with Gasteiger partial charge in [0.25, 0.3) is 0 Å². The third-order valence-corrected chi connectivity index (χ3v) is 2.84. The molecular weight excluding hydrogens is 147 g/mol. The van der Waals surface area contributed by atoms with Gasteiger partial charge in [0.1, 0.15) is 7.85 Å². The van der Waals surface area contributed by atoms with Crippen LogP contribution in [0.5, 0.6) is 0 Å². The maximum Gasteiger partial charge on any atom is 0.109 e. The molecule has 0 aliphatic carbocycles. The van der Waals surface area contributed by atoms with Crippen molar-refractivity contribution in [2.45, 2.75) is 47.0 Å². The summed E-state index contributed by atoms with van der Waals surface area (Å²) in [5.41, 5.74) is -0.145. The van der Waals surface area contributed by atoms with E-state index in [9.17, 15) is 5.11 Å². The van der Waals surface area contributed by atoms with Crippen LogP contribution in [-0.2, 0) is 0 Å². The van der Waals surface area contributed by atoms with Gasteiger partial charge in [-0.2, -0.15) is 0 Å². The Hall–Kier alpha value is 0.0249. The minimum Gasteiger partial charge on any atom is -0.402 e. The number of rotatable bonds is 4. The lowest BCUT2D eigenvalue weighted by atomic mass is 9.63. The minimum atomic E-state index is -0.708. The second-order valence-corrected chi connectivity index (χ2v) is 4.70. The van der Waals surface area contributed by atoms with Crippen LogP contribution in [0.4, 0.5) is 0 Å². The van der Waals surface area contributed by atoms with Crippen LogP contribution in [0.25, 0.3) is 0 Å². The molecule has 1 N–H and O–H groups in total. The van der Waals surface area contributed by atoms with Gasteiger partial charge < -0.3 is 5.11 Å². The lowest BCUT2D eigenvalue weighted by molar-refractivity contribution is 0.0415. The van der Waals surface area contributed by atoms with E-state index in [1.165, 1.54) is 0 Å². The van der Waals surface area contributed by atoms with Crippen molar-refractivity contribution in [2.75, 3.05) is 0 Å². The molecule has 1 unspecified atom stereocenters. The zero-order valence-electron chi connectivity index (χ0n) is 8.96. The molecule has 0 fully saturated rings. The molecular formula is C10H21BO. The van der Waals surface area contributed by atoms with E-state index in [2.05, 4.69) is 34.6 Å². The zero-order chi connectivity index (χ0) is 9.94. The molecule has 0 aromatic heterocycles. The first-order valence-electron chi connectivity index (χ1n) is 4.74. The Balaban J connectivity index is 4.40. The van der Waals surface area contributed by atoms with Gasteiger partial charge in [-0.05, 0) is 23.7 Å². The van der Waals surface area contributed by atoms with Crippen molar-refractivity contribution in [1.82, 2.24) is 0 Å². The fraction of sp³-hybridized carbons (Fsp3) is 1.00. The third-order valence-electron chi connectivity index (χ3n) is 2.84. The Kier molecular flexibility index (Phi) is 4.32. The molecule has 1 nitrogen and oxygen atoms in total. The lowest BCUT2D eigenvalue weighted by Gasteiger charge is -2.38. The van der Waals surface area contributed by atoms with Gasteiger partial charge in [0.2, 0.25) is 0 Å². The molecule has 0 spiro atoms. The summed E-state index contributed by atoms with van der Waals surface area (Å²) in [6.45, 7) is 10.6. The molecule has 0 aromatic rings. The monoisotopic (exact) mass is 168 g/mol. The largest absolute Gasteiger partial charge is 0.402 e. The Morgan fingerprint density at radius 2 is 1.67 bits per heavy atom. The highest BCUT2D eigenvalue weighted by Crippen LogP contribution is 2.36. The standard InChI is InChI=1S/C10H21BO/c1-7(2)6-10(5,8(3)4)9(11)12/h7-9,12H,6H2,1-5H3/t9?,10-/m0/s1. The summed E-state index contributed by atoms with van der Waals surface area (Å²) in [6, 6.07) is -0.708. The third kappa shape index (κ3) is 2.82. The van der Waals surface area contributed by atoms with Gasteiger partial charge in [0.05, 0.1) is 0 Å². The predicted molar refractivity (Wildman–Crippen MR) is 54.2 cm³/mol. The van der Waals surface area contributed by atoms with Crippen LogP contribution in [0.15, 0.2) is 0 Å². The lowest BCUT2D eigenvalue weighted by Crippen LogP contribution is -2.38. The van der Waals surface area contributed by atoms with E-state index < -0.39 is 6.00 Å². The molecule has 0 amide bonds. The van der Waals surface area contributed by atoms with Crippen molar-refractivity contribution in [1.29, 1.82) is 0 Å². The van der Waals surface area contributed by atoms with E-state index in [-0.39, 0.29) is 5.41 Å². The summed E-state index contributed by atoms with van der Waals surface area (Å²) in [4.78, 5) is 0. The summed E-state index contributed by atoms with van der Waals surface area (Å²) in [5.74, 6) is 0.996. The van der Waals surface area contributed by atoms with Crippen LogP contribution in [0.2, 0.25) is 0 Å². The fourth-order valence-corrected chi connectivity index (χ4v) is 1.58. The van der Waals surface area contributed by atoms with Gasteiger partial charge in [0, 0.05) is 6.00 Å². The van der Waals surface area contributed by atoms with Crippen molar-refractivity contribution < 1.29 is 5.11 Å². The van der Waals surface area contributed by atoms with Crippen LogP contribution in [0.3, 0.4) is 0 Å². The maximum atomic E-state index is 9.47.